The second-order valence-electron chi connectivity index (χ2n) is 4.29. The van der Waals surface area contributed by atoms with Crippen LogP contribution in [0, 0.1) is 0 Å². The van der Waals surface area contributed by atoms with Crippen molar-refractivity contribution < 1.29 is 17.9 Å². The standard InChI is InChI=1S/C13H14F3N3OS/c1-3-21-13-18-5-7(12(17)19-13)6-4-8(20-2)10(15)11(16)9(6)14/h5-6H,3-4H2,1-2H3,(H2,17,18,19). The van der Waals surface area contributed by atoms with E-state index in [0.717, 1.165) is 5.75 Å². The molecule has 1 aromatic rings. The fraction of sp³-hybridized carbons (Fsp3) is 0.385. The van der Waals surface area contributed by atoms with Crippen molar-refractivity contribution in [3.05, 3.63) is 35.0 Å². The van der Waals surface area contributed by atoms with Crippen molar-refractivity contribution in [2.45, 2.75) is 24.4 Å². The van der Waals surface area contributed by atoms with Crippen LogP contribution in [-0.4, -0.2) is 22.8 Å². The summed E-state index contributed by atoms with van der Waals surface area (Å²) in [4.78, 5) is 8.08. The van der Waals surface area contributed by atoms with E-state index in [9.17, 15) is 13.2 Å². The molecule has 0 aromatic carbocycles. The van der Waals surface area contributed by atoms with Gasteiger partial charge in [0.05, 0.1) is 13.0 Å². The first-order valence-electron chi connectivity index (χ1n) is 6.22. The smallest absolute Gasteiger partial charge is 0.199 e. The molecule has 0 fully saturated rings. The number of ether oxygens (including phenoxy) is 1. The SMILES string of the molecule is CCSc1ncc(C2CC(OC)=C(F)C(F)=C2F)c(N)n1. The lowest BCUT2D eigenvalue weighted by Crippen LogP contribution is -2.14. The zero-order valence-electron chi connectivity index (χ0n) is 11.5. The largest absolute Gasteiger partial charge is 0.498 e. The second kappa shape index (κ2) is 6.38. The second-order valence-corrected chi connectivity index (χ2v) is 5.52. The molecular formula is C13H14F3N3OS. The van der Waals surface area contributed by atoms with Gasteiger partial charge in [-0.2, -0.15) is 4.39 Å². The quantitative estimate of drug-likeness (QED) is 0.678. The highest BCUT2D eigenvalue weighted by Gasteiger charge is 2.34. The molecule has 8 heteroatoms. The third-order valence-corrected chi connectivity index (χ3v) is 3.81. The molecular weight excluding hydrogens is 303 g/mol. The van der Waals surface area contributed by atoms with Gasteiger partial charge in [0.25, 0.3) is 0 Å². The number of hydrogen-bond acceptors (Lipinski definition) is 5. The lowest BCUT2D eigenvalue weighted by Gasteiger charge is -2.22. The average molecular weight is 317 g/mol. The van der Waals surface area contributed by atoms with Gasteiger partial charge >= 0.3 is 0 Å². The molecule has 0 saturated carbocycles. The number of halogens is 3. The highest BCUT2D eigenvalue weighted by Crippen LogP contribution is 2.43. The summed E-state index contributed by atoms with van der Waals surface area (Å²) >= 11 is 1.38. The van der Waals surface area contributed by atoms with Gasteiger partial charge in [-0.3, -0.25) is 0 Å². The van der Waals surface area contributed by atoms with Crippen LogP contribution in [0.2, 0.25) is 0 Å². The minimum Gasteiger partial charge on any atom is -0.498 e. The summed E-state index contributed by atoms with van der Waals surface area (Å²) in [6, 6.07) is 0. The third-order valence-electron chi connectivity index (χ3n) is 3.06. The fourth-order valence-corrected chi connectivity index (χ4v) is 2.57. The molecule has 1 atom stereocenters. The first-order valence-corrected chi connectivity index (χ1v) is 7.21. The van der Waals surface area contributed by atoms with E-state index in [4.69, 9.17) is 10.5 Å². The lowest BCUT2D eigenvalue weighted by atomic mass is 9.90. The van der Waals surface area contributed by atoms with Crippen molar-refractivity contribution >= 4 is 17.6 Å². The van der Waals surface area contributed by atoms with Gasteiger partial charge in [0.2, 0.25) is 0 Å². The van der Waals surface area contributed by atoms with Gasteiger partial charge in [0, 0.05) is 18.2 Å². The van der Waals surface area contributed by atoms with Crippen LogP contribution in [0.5, 0.6) is 0 Å². The summed E-state index contributed by atoms with van der Waals surface area (Å²) in [5, 5.41) is 0.452. The minimum absolute atomic E-state index is 0.0478. The van der Waals surface area contributed by atoms with Crippen LogP contribution >= 0.6 is 11.8 Å². The molecule has 2 rings (SSSR count). The number of methoxy groups -OCH3 is 1. The summed E-state index contributed by atoms with van der Waals surface area (Å²) in [5.41, 5.74) is 6.00. The zero-order valence-corrected chi connectivity index (χ0v) is 12.3. The summed E-state index contributed by atoms with van der Waals surface area (Å²) < 4.78 is 45.8. The number of aromatic nitrogens is 2. The Morgan fingerprint density at radius 1 is 1.38 bits per heavy atom. The number of allylic oxidation sites excluding steroid dienone is 4. The maximum absolute atomic E-state index is 14.0. The predicted molar refractivity (Wildman–Crippen MR) is 74.6 cm³/mol. The van der Waals surface area contributed by atoms with Gasteiger partial charge in [-0.05, 0) is 5.75 Å². The Bertz CT molecular complexity index is 619. The van der Waals surface area contributed by atoms with Crippen LogP contribution in [0.1, 0.15) is 24.8 Å². The molecule has 2 N–H and O–H groups in total. The van der Waals surface area contributed by atoms with Crippen LogP contribution in [0.15, 0.2) is 34.6 Å². The Kier molecular flexibility index (Phi) is 4.76. The highest BCUT2D eigenvalue weighted by atomic mass is 32.2. The van der Waals surface area contributed by atoms with Gasteiger partial charge in [-0.1, -0.05) is 18.7 Å². The molecule has 0 amide bonds. The summed E-state index contributed by atoms with van der Waals surface area (Å²) in [5.74, 6) is -4.64. The molecule has 1 aliphatic rings. The maximum atomic E-state index is 14.0. The van der Waals surface area contributed by atoms with Crippen molar-refractivity contribution in [1.29, 1.82) is 0 Å². The van der Waals surface area contributed by atoms with Gasteiger partial charge in [0.1, 0.15) is 17.4 Å². The third kappa shape index (κ3) is 2.99. The fourth-order valence-electron chi connectivity index (χ4n) is 2.02. The van der Waals surface area contributed by atoms with Gasteiger partial charge in [-0.25, -0.2) is 18.7 Å². The van der Waals surface area contributed by atoms with E-state index in [0.29, 0.717) is 5.16 Å². The van der Waals surface area contributed by atoms with Gasteiger partial charge < -0.3 is 10.5 Å². The summed E-state index contributed by atoms with van der Waals surface area (Å²) in [7, 11) is 1.20. The van der Waals surface area contributed by atoms with Gasteiger partial charge in [0.15, 0.2) is 16.8 Å². The molecule has 114 valence electrons. The van der Waals surface area contributed by atoms with E-state index >= 15 is 0 Å². The molecule has 1 heterocycles. The normalized spacial score (nSPS) is 19.2. The van der Waals surface area contributed by atoms with Crippen LogP contribution < -0.4 is 5.73 Å². The Balaban J connectivity index is 2.39. The highest BCUT2D eigenvalue weighted by molar-refractivity contribution is 7.99. The molecule has 1 aliphatic carbocycles. The molecule has 1 aromatic heterocycles. The first-order chi connectivity index (χ1) is 9.99. The molecule has 1 unspecified atom stereocenters. The van der Waals surface area contributed by atoms with E-state index in [1.807, 2.05) is 6.92 Å². The number of nitrogen functional groups attached to an aromatic ring is 1. The Morgan fingerprint density at radius 3 is 2.67 bits per heavy atom. The van der Waals surface area contributed by atoms with E-state index in [2.05, 4.69) is 9.97 Å². The molecule has 0 aliphatic heterocycles. The van der Waals surface area contributed by atoms with Crippen LogP contribution in [0.3, 0.4) is 0 Å². The van der Waals surface area contributed by atoms with Crippen LogP contribution in [0.4, 0.5) is 19.0 Å². The van der Waals surface area contributed by atoms with Crippen molar-refractivity contribution in [3.8, 4) is 0 Å². The summed E-state index contributed by atoms with van der Waals surface area (Å²) in [6.45, 7) is 1.93. The molecule has 0 radical (unpaired) electrons. The topological polar surface area (TPSA) is 61.0 Å². The van der Waals surface area contributed by atoms with Gasteiger partial charge in [-0.15, -0.1) is 0 Å². The van der Waals surface area contributed by atoms with Crippen LogP contribution in [0.25, 0.3) is 0 Å². The molecule has 0 spiro atoms. The molecule has 0 bridgehead atoms. The predicted octanol–water partition coefficient (Wildman–Crippen LogP) is 3.64. The molecule has 21 heavy (non-hydrogen) atoms. The number of rotatable bonds is 4. The van der Waals surface area contributed by atoms with E-state index in [-0.39, 0.29) is 23.6 Å². The first kappa shape index (κ1) is 15.7. The number of nitrogens with two attached hydrogens (primary N) is 1. The minimum atomic E-state index is -1.56. The number of nitrogens with zero attached hydrogens (tertiary/aromatic N) is 2. The van der Waals surface area contributed by atoms with Crippen molar-refractivity contribution in [2.75, 3.05) is 18.6 Å². The van der Waals surface area contributed by atoms with E-state index < -0.39 is 23.4 Å². The Labute approximate surface area is 124 Å². The zero-order chi connectivity index (χ0) is 15.6. The monoisotopic (exact) mass is 317 g/mol. The van der Waals surface area contributed by atoms with E-state index in [1.54, 1.807) is 0 Å². The Morgan fingerprint density at radius 2 is 2.10 bits per heavy atom. The summed E-state index contributed by atoms with van der Waals surface area (Å²) in [6.07, 6.45) is 1.17. The lowest BCUT2D eigenvalue weighted by molar-refractivity contribution is 0.241. The van der Waals surface area contributed by atoms with Crippen molar-refractivity contribution in [3.63, 3.8) is 0 Å². The number of thioether (sulfide) groups is 1. The molecule has 0 saturated heterocycles. The van der Waals surface area contributed by atoms with Crippen molar-refractivity contribution in [2.24, 2.45) is 0 Å². The van der Waals surface area contributed by atoms with Crippen LogP contribution in [-0.2, 0) is 4.74 Å². The number of hydrogen-bond donors (Lipinski definition) is 1. The van der Waals surface area contributed by atoms with E-state index in [1.165, 1.54) is 25.1 Å². The molecule has 4 nitrogen and oxygen atoms in total. The number of anilines is 1. The average Bonchev–Trinajstić information content (AvgIpc) is 2.47. The van der Waals surface area contributed by atoms with Crippen molar-refractivity contribution in [1.82, 2.24) is 9.97 Å². The Hall–Kier alpha value is -1.70. The maximum Gasteiger partial charge on any atom is 0.199 e.